The molecule has 1 heterocycles. The summed E-state index contributed by atoms with van der Waals surface area (Å²) in [7, 11) is 5.31. The molecule has 0 aromatic heterocycles. The van der Waals surface area contributed by atoms with E-state index >= 15 is 0 Å². The average molecular weight is 607 g/mol. The van der Waals surface area contributed by atoms with Crippen LogP contribution in [-0.4, -0.2) is 67.4 Å². The fourth-order valence-corrected chi connectivity index (χ4v) is 6.42. The molecular weight excluding hydrogens is 566 g/mol. The Morgan fingerprint density at radius 1 is 1.12 bits per heavy atom. The summed E-state index contributed by atoms with van der Waals surface area (Å²) in [6, 6.07) is 8.91. The molecule has 1 aliphatic heterocycles. The number of halogens is 3. The van der Waals surface area contributed by atoms with Crippen LogP contribution in [0.2, 0.25) is 5.02 Å². The molecule has 2 fully saturated rings. The standard InChI is InChI=1S/C32H41ClF2N2O5/c1-31(2,3)42-30(39)37-19-25(18-27(37)29(38)40-6)41-24-15-21(28(33)26(35)17-24)14-20-10-12-32(13-11-20,36(4)5)22-8-7-9-23(34)16-22/h7-9,15-17,20,25,27H,10-14,18-19H2,1-6H3/t20?,25-,27-,32?/m0/s1. The van der Waals surface area contributed by atoms with Crippen molar-refractivity contribution in [3.05, 3.63) is 64.2 Å². The second-order valence-electron chi connectivity index (χ2n) is 12.6. The van der Waals surface area contributed by atoms with Crippen LogP contribution in [0.1, 0.15) is 64.0 Å². The predicted octanol–water partition coefficient (Wildman–Crippen LogP) is 6.74. The van der Waals surface area contributed by atoms with Gasteiger partial charge in [0.25, 0.3) is 0 Å². The zero-order valence-electron chi connectivity index (χ0n) is 25.2. The Morgan fingerprint density at radius 2 is 1.81 bits per heavy atom. The van der Waals surface area contributed by atoms with Crippen molar-refractivity contribution in [3.63, 3.8) is 0 Å². The summed E-state index contributed by atoms with van der Waals surface area (Å²) in [6.45, 7) is 5.32. The number of amides is 1. The summed E-state index contributed by atoms with van der Waals surface area (Å²) in [5, 5.41) is 0.0613. The van der Waals surface area contributed by atoms with E-state index in [1.165, 1.54) is 24.1 Å². The first-order valence-corrected chi connectivity index (χ1v) is 14.8. The molecule has 42 heavy (non-hydrogen) atoms. The number of benzene rings is 2. The van der Waals surface area contributed by atoms with Crippen LogP contribution >= 0.6 is 11.6 Å². The maximum Gasteiger partial charge on any atom is 0.411 e. The number of ether oxygens (including phenoxy) is 3. The van der Waals surface area contributed by atoms with Gasteiger partial charge in [0.05, 0.1) is 18.7 Å². The molecule has 0 bridgehead atoms. The molecule has 1 saturated carbocycles. The van der Waals surface area contributed by atoms with Crippen molar-refractivity contribution in [2.24, 2.45) is 5.92 Å². The largest absolute Gasteiger partial charge is 0.488 e. The molecule has 0 N–H and O–H groups in total. The first kappa shape index (κ1) is 32.0. The highest BCUT2D eigenvalue weighted by Gasteiger charge is 2.43. The Labute approximate surface area is 252 Å². The fraction of sp³-hybridized carbons (Fsp3) is 0.562. The van der Waals surface area contributed by atoms with Crippen LogP contribution in [0.5, 0.6) is 5.75 Å². The molecule has 2 atom stereocenters. The highest BCUT2D eigenvalue weighted by Crippen LogP contribution is 2.44. The van der Waals surface area contributed by atoms with Crippen molar-refractivity contribution in [2.45, 2.75) is 82.6 Å². The van der Waals surface area contributed by atoms with E-state index in [-0.39, 0.29) is 41.0 Å². The molecule has 230 valence electrons. The Kier molecular flexibility index (Phi) is 9.72. The van der Waals surface area contributed by atoms with E-state index in [0.29, 0.717) is 12.0 Å². The lowest BCUT2D eigenvalue weighted by Crippen LogP contribution is -2.44. The third kappa shape index (κ3) is 7.17. The molecule has 2 aromatic carbocycles. The van der Waals surface area contributed by atoms with E-state index < -0.39 is 35.6 Å². The number of carbonyl (C=O) groups is 2. The van der Waals surface area contributed by atoms with E-state index in [0.717, 1.165) is 31.2 Å². The van der Waals surface area contributed by atoms with Gasteiger partial charge in [0.2, 0.25) is 0 Å². The van der Waals surface area contributed by atoms with E-state index in [4.69, 9.17) is 25.8 Å². The second kappa shape index (κ2) is 12.8. The fourth-order valence-electron chi connectivity index (χ4n) is 6.23. The number of likely N-dealkylation sites (tertiary alicyclic amines) is 1. The Morgan fingerprint density at radius 3 is 2.40 bits per heavy atom. The van der Waals surface area contributed by atoms with Crippen molar-refractivity contribution in [3.8, 4) is 5.75 Å². The van der Waals surface area contributed by atoms with Crippen molar-refractivity contribution in [1.29, 1.82) is 0 Å². The van der Waals surface area contributed by atoms with E-state index in [9.17, 15) is 18.4 Å². The lowest BCUT2D eigenvalue weighted by atomic mass is 9.70. The number of methoxy groups -OCH3 is 1. The Balaban J connectivity index is 1.46. The molecule has 1 amide bonds. The smallest absolute Gasteiger partial charge is 0.411 e. The number of rotatable bonds is 7. The van der Waals surface area contributed by atoms with Crippen molar-refractivity contribution in [2.75, 3.05) is 27.7 Å². The topological polar surface area (TPSA) is 68.3 Å². The zero-order valence-corrected chi connectivity index (χ0v) is 26.0. The molecule has 1 aliphatic carbocycles. The van der Waals surface area contributed by atoms with Crippen LogP contribution in [-0.2, 0) is 26.2 Å². The normalized spacial score (nSPS) is 24.5. The van der Waals surface area contributed by atoms with Gasteiger partial charge >= 0.3 is 12.1 Å². The minimum absolute atomic E-state index is 0.0613. The van der Waals surface area contributed by atoms with E-state index in [2.05, 4.69) is 4.90 Å². The van der Waals surface area contributed by atoms with Crippen molar-refractivity contribution in [1.82, 2.24) is 9.80 Å². The van der Waals surface area contributed by atoms with Gasteiger partial charge in [-0.3, -0.25) is 9.80 Å². The molecular formula is C32H41ClF2N2O5. The molecule has 4 rings (SSSR count). The van der Waals surface area contributed by atoms with Crippen molar-refractivity contribution < 1.29 is 32.6 Å². The molecule has 0 spiro atoms. The third-order valence-electron chi connectivity index (χ3n) is 8.40. The molecule has 0 radical (unpaired) electrons. The average Bonchev–Trinajstić information content (AvgIpc) is 3.34. The van der Waals surface area contributed by atoms with Gasteiger partial charge < -0.3 is 14.2 Å². The number of hydrogen-bond donors (Lipinski definition) is 0. The predicted molar refractivity (Wildman–Crippen MR) is 157 cm³/mol. The van der Waals surface area contributed by atoms with Gasteiger partial charge in [-0.15, -0.1) is 0 Å². The van der Waals surface area contributed by atoms with Crippen LogP contribution in [0.25, 0.3) is 0 Å². The summed E-state index contributed by atoms with van der Waals surface area (Å²) >= 11 is 6.42. The Bertz CT molecular complexity index is 1290. The van der Waals surface area contributed by atoms with Gasteiger partial charge in [0, 0.05) is 18.0 Å². The number of hydrogen-bond acceptors (Lipinski definition) is 6. The summed E-state index contributed by atoms with van der Waals surface area (Å²) in [6.07, 6.45) is 2.94. The monoisotopic (exact) mass is 606 g/mol. The van der Waals surface area contributed by atoms with Gasteiger partial charge in [0.15, 0.2) is 0 Å². The third-order valence-corrected chi connectivity index (χ3v) is 8.83. The zero-order chi connectivity index (χ0) is 30.8. The lowest BCUT2D eigenvalue weighted by molar-refractivity contribution is -0.145. The van der Waals surface area contributed by atoms with Gasteiger partial charge in [-0.1, -0.05) is 23.7 Å². The first-order valence-electron chi connectivity index (χ1n) is 14.4. The van der Waals surface area contributed by atoms with Crippen LogP contribution in [0.3, 0.4) is 0 Å². The molecule has 7 nitrogen and oxygen atoms in total. The highest BCUT2D eigenvalue weighted by molar-refractivity contribution is 6.31. The SMILES string of the molecule is COC(=O)[C@@H]1C[C@H](Oc2cc(F)c(Cl)c(CC3CCC(c4cccc(F)c4)(N(C)C)CC3)c2)CN1C(=O)OC(C)(C)C. The van der Waals surface area contributed by atoms with Crippen LogP contribution in [0.4, 0.5) is 13.6 Å². The summed E-state index contributed by atoms with van der Waals surface area (Å²) in [5.74, 6) is -0.862. The minimum atomic E-state index is -0.872. The molecule has 10 heteroatoms. The molecule has 0 unspecified atom stereocenters. The molecule has 2 aromatic rings. The first-order chi connectivity index (χ1) is 19.7. The summed E-state index contributed by atoms with van der Waals surface area (Å²) in [4.78, 5) is 28.7. The maximum atomic E-state index is 15.0. The maximum absolute atomic E-state index is 15.0. The van der Waals surface area contributed by atoms with Crippen LogP contribution in [0, 0.1) is 17.6 Å². The number of carbonyl (C=O) groups excluding carboxylic acids is 2. The van der Waals surface area contributed by atoms with E-state index in [1.807, 2.05) is 20.2 Å². The quantitative estimate of drug-likeness (QED) is 0.325. The number of esters is 1. The lowest BCUT2D eigenvalue weighted by Gasteiger charge is -2.45. The van der Waals surface area contributed by atoms with Gasteiger partial charge in [-0.25, -0.2) is 18.4 Å². The van der Waals surface area contributed by atoms with E-state index in [1.54, 1.807) is 39.0 Å². The highest BCUT2D eigenvalue weighted by atomic mass is 35.5. The molecule has 1 saturated heterocycles. The Hall–Kier alpha value is -2.91. The minimum Gasteiger partial charge on any atom is -0.488 e. The van der Waals surface area contributed by atoms with Crippen LogP contribution in [0.15, 0.2) is 36.4 Å². The van der Waals surface area contributed by atoms with Gasteiger partial charge in [-0.05, 0) is 102 Å². The number of nitrogens with zero attached hydrogens (tertiary/aromatic N) is 2. The van der Waals surface area contributed by atoms with Crippen molar-refractivity contribution >= 4 is 23.7 Å². The van der Waals surface area contributed by atoms with Gasteiger partial charge in [-0.2, -0.15) is 0 Å². The van der Waals surface area contributed by atoms with Crippen LogP contribution < -0.4 is 4.74 Å². The second-order valence-corrected chi connectivity index (χ2v) is 13.0. The summed E-state index contributed by atoms with van der Waals surface area (Å²) < 4.78 is 45.5. The van der Waals surface area contributed by atoms with Gasteiger partial charge in [0.1, 0.15) is 35.1 Å². The summed E-state index contributed by atoms with van der Waals surface area (Å²) in [5.41, 5.74) is 0.601. The molecule has 2 aliphatic rings.